The van der Waals surface area contributed by atoms with Gasteiger partial charge in [0.05, 0.1) is 11.7 Å². The Morgan fingerprint density at radius 2 is 2.00 bits per heavy atom. The zero-order chi connectivity index (χ0) is 17.6. The van der Waals surface area contributed by atoms with Crippen LogP contribution in [-0.4, -0.2) is 28.4 Å². The molecule has 0 unspecified atom stereocenters. The Labute approximate surface area is 144 Å². The van der Waals surface area contributed by atoms with E-state index < -0.39 is 5.97 Å². The highest BCUT2D eigenvalue weighted by Gasteiger charge is 2.26. The SMILES string of the molecule is CC(C)(C)n1cc(/C=C2\N=C(c3ccc4c(c3)OCO4)OC2=O)cn1. The molecule has 0 atom stereocenters. The van der Waals surface area contributed by atoms with Crippen LogP contribution in [0, 0.1) is 0 Å². The fraction of sp³-hybridized carbons (Fsp3) is 0.278. The van der Waals surface area contributed by atoms with Gasteiger partial charge in [0.15, 0.2) is 17.2 Å². The highest BCUT2D eigenvalue weighted by molar-refractivity contribution is 6.13. The Morgan fingerprint density at radius 3 is 2.76 bits per heavy atom. The van der Waals surface area contributed by atoms with Gasteiger partial charge in [-0.15, -0.1) is 0 Å². The first-order valence-electron chi connectivity index (χ1n) is 7.88. The van der Waals surface area contributed by atoms with E-state index in [0.717, 1.165) is 5.56 Å². The topological polar surface area (TPSA) is 74.9 Å². The smallest absolute Gasteiger partial charge is 0.363 e. The van der Waals surface area contributed by atoms with Crippen LogP contribution in [0.4, 0.5) is 0 Å². The molecular formula is C18H17N3O4. The van der Waals surface area contributed by atoms with Gasteiger partial charge >= 0.3 is 5.97 Å². The highest BCUT2D eigenvalue weighted by Crippen LogP contribution is 2.33. The standard InChI is InChI=1S/C18H17N3O4/c1-18(2,3)21-9-11(8-19-21)6-13-17(22)25-16(20-13)12-4-5-14-15(7-12)24-10-23-14/h4-9H,10H2,1-3H3/b13-6-. The summed E-state index contributed by atoms with van der Waals surface area (Å²) < 4.78 is 17.7. The van der Waals surface area contributed by atoms with Crippen molar-refractivity contribution in [1.82, 2.24) is 9.78 Å². The Morgan fingerprint density at radius 1 is 1.20 bits per heavy atom. The quantitative estimate of drug-likeness (QED) is 0.621. The number of benzene rings is 1. The lowest BCUT2D eigenvalue weighted by Crippen LogP contribution is -2.21. The number of rotatable bonds is 2. The molecule has 0 fully saturated rings. The van der Waals surface area contributed by atoms with Crippen molar-refractivity contribution >= 4 is 17.9 Å². The van der Waals surface area contributed by atoms with Gasteiger partial charge in [-0.2, -0.15) is 5.10 Å². The van der Waals surface area contributed by atoms with Crippen LogP contribution in [0.5, 0.6) is 11.5 Å². The number of cyclic esters (lactones) is 1. The normalized spacial score (nSPS) is 17.8. The molecule has 2 aromatic rings. The number of carbonyl (C=O) groups excluding carboxylic acids is 1. The van der Waals surface area contributed by atoms with E-state index in [1.165, 1.54) is 0 Å². The largest absolute Gasteiger partial charge is 0.454 e. The molecule has 0 saturated carbocycles. The molecule has 0 N–H and O–H groups in total. The molecule has 2 aliphatic rings. The van der Waals surface area contributed by atoms with E-state index >= 15 is 0 Å². The number of esters is 1. The summed E-state index contributed by atoms with van der Waals surface area (Å²) in [6.45, 7) is 6.35. The maximum absolute atomic E-state index is 12.1. The second kappa shape index (κ2) is 5.47. The van der Waals surface area contributed by atoms with Crippen molar-refractivity contribution in [3.05, 3.63) is 47.4 Å². The fourth-order valence-corrected chi connectivity index (χ4v) is 2.50. The summed E-state index contributed by atoms with van der Waals surface area (Å²) in [6.07, 6.45) is 5.23. The summed E-state index contributed by atoms with van der Waals surface area (Å²) in [6, 6.07) is 5.29. The van der Waals surface area contributed by atoms with Crippen LogP contribution in [0.15, 0.2) is 41.3 Å². The van der Waals surface area contributed by atoms with Crippen LogP contribution in [0.3, 0.4) is 0 Å². The van der Waals surface area contributed by atoms with E-state index in [-0.39, 0.29) is 23.9 Å². The Bertz CT molecular complexity index is 919. The summed E-state index contributed by atoms with van der Waals surface area (Å²) in [5.41, 5.74) is 1.55. The van der Waals surface area contributed by atoms with Crippen LogP contribution in [0.1, 0.15) is 31.9 Å². The molecule has 2 aliphatic heterocycles. The van der Waals surface area contributed by atoms with E-state index in [2.05, 4.69) is 30.9 Å². The monoisotopic (exact) mass is 339 g/mol. The zero-order valence-corrected chi connectivity index (χ0v) is 14.1. The average Bonchev–Trinajstić information content (AvgIpc) is 3.27. The van der Waals surface area contributed by atoms with Crippen LogP contribution in [-0.2, 0) is 15.1 Å². The number of hydrogen-bond donors (Lipinski definition) is 0. The molecule has 128 valence electrons. The Kier molecular flexibility index (Phi) is 3.38. The lowest BCUT2D eigenvalue weighted by atomic mass is 10.1. The summed E-state index contributed by atoms with van der Waals surface area (Å²) in [4.78, 5) is 16.4. The molecule has 4 rings (SSSR count). The number of nitrogens with zero attached hydrogens (tertiary/aromatic N) is 3. The summed E-state index contributed by atoms with van der Waals surface area (Å²) >= 11 is 0. The first kappa shape index (κ1) is 15.4. The van der Waals surface area contributed by atoms with Gasteiger partial charge in [-0.1, -0.05) is 0 Å². The number of carbonyl (C=O) groups is 1. The maximum atomic E-state index is 12.1. The van der Waals surface area contributed by atoms with E-state index in [4.69, 9.17) is 14.2 Å². The van der Waals surface area contributed by atoms with Gasteiger partial charge in [0.2, 0.25) is 12.7 Å². The molecule has 0 bridgehead atoms. The number of aliphatic imine (C=N–C) groups is 1. The molecule has 0 amide bonds. The molecule has 3 heterocycles. The van der Waals surface area contributed by atoms with Crippen LogP contribution < -0.4 is 9.47 Å². The number of hydrogen-bond acceptors (Lipinski definition) is 6. The molecule has 1 aromatic heterocycles. The van der Waals surface area contributed by atoms with E-state index in [1.807, 2.05) is 10.9 Å². The predicted molar refractivity (Wildman–Crippen MR) is 90.4 cm³/mol. The van der Waals surface area contributed by atoms with Crippen molar-refractivity contribution in [2.45, 2.75) is 26.3 Å². The number of fused-ring (bicyclic) bond motifs is 1. The average molecular weight is 339 g/mol. The van der Waals surface area contributed by atoms with Gasteiger partial charge < -0.3 is 14.2 Å². The molecule has 25 heavy (non-hydrogen) atoms. The van der Waals surface area contributed by atoms with E-state index in [9.17, 15) is 4.79 Å². The highest BCUT2D eigenvalue weighted by atomic mass is 16.7. The third-order valence-corrected chi connectivity index (χ3v) is 3.83. The maximum Gasteiger partial charge on any atom is 0.363 e. The summed E-state index contributed by atoms with van der Waals surface area (Å²) in [5.74, 6) is 1.04. The van der Waals surface area contributed by atoms with Crippen molar-refractivity contribution in [2.24, 2.45) is 4.99 Å². The molecule has 1 aromatic carbocycles. The summed E-state index contributed by atoms with van der Waals surface area (Å²) in [7, 11) is 0. The van der Waals surface area contributed by atoms with Crippen LogP contribution in [0.2, 0.25) is 0 Å². The number of ether oxygens (including phenoxy) is 3. The van der Waals surface area contributed by atoms with Gasteiger partial charge in [-0.3, -0.25) is 4.68 Å². The van der Waals surface area contributed by atoms with Crippen molar-refractivity contribution in [3.8, 4) is 11.5 Å². The van der Waals surface area contributed by atoms with Gasteiger partial charge in [0.25, 0.3) is 0 Å². The molecule has 7 nitrogen and oxygen atoms in total. The van der Waals surface area contributed by atoms with E-state index in [1.54, 1.807) is 30.5 Å². The third kappa shape index (κ3) is 2.88. The second-order valence-corrected chi connectivity index (χ2v) is 6.79. The molecule has 0 aliphatic carbocycles. The molecule has 0 radical (unpaired) electrons. The molecular weight excluding hydrogens is 322 g/mol. The van der Waals surface area contributed by atoms with Crippen LogP contribution >= 0.6 is 0 Å². The predicted octanol–water partition coefficient (Wildman–Crippen LogP) is 2.71. The minimum atomic E-state index is -0.490. The van der Waals surface area contributed by atoms with Crippen molar-refractivity contribution in [1.29, 1.82) is 0 Å². The first-order chi connectivity index (χ1) is 11.9. The lowest BCUT2D eigenvalue weighted by Gasteiger charge is -2.18. The van der Waals surface area contributed by atoms with E-state index in [0.29, 0.717) is 17.1 Å². The van der Waals surface area contributed by atoms with Crippen LogP contribution in [0.25, 0.3) is 6.08 Å². The summed E-state index contributed by atoms with van der Waals surface area (Å²) in [5, 5.41) is 4.31. The van der Waals surface area contributed by atoms with Crippen molar-refractivity contribution < 1.29 is 19.0 Å². The minimum absolute atomic E-state index is 0.131. The Balaban J connectivity index is 1.63. The number of aromatic nitrogens is 2. The first-order valence-corrected chi connectivity index (χ1v) is 7.88. The van der Waals surface area contributed by atoms with Crippen molar-refractivity contribution in [2.75, 3.05) is 6.79 Å². The van der Waals surface area contributed by atoms with Gasteiger partial charge in [-0.05, 0) is 45.0 Å². The molecule has 0 saturated heterocycles. The molecule has 0 spiro atoms. The fourth-order valence-electron chi connectivity index (χ4n) is 2.50. The van der Waals surface area contributed by atoms with Crippen molar-refractivity contribution in [3.63, 3.8) is 0 Å². The third-order valence-electron chi connectivity index (χ3n) is 3.83. The lowest BCUT2D eigenvalue weighted by molar-refractivity contribution is -0.129. The second-order valence-electron chi connectivity index (χ2n) is 6.79. The van der Waals surface area contributed by atoms with Gasteiger partial charge in [0.1, 0.15) is 0 Å². The minimum Gasteiger partial charge on any atom is -0.454 e. The van der Waals surface area contributed by atoms with Gasteiger partial charge in [-0.25, -0.2) is 9.79 Å². The Hall–Kier alpha value is -3.09. The molecule has 7 heteroatoms. The van der Waals surface area contributed by atoms with Gasteiger partial charge in [0, 0.05) is 17.3 Å². The zero-order valence-electron chi connectivity index (χ0n) is 14.1.